The molecule has 1 aromatic heterocycles. The minimum Gasteiger partial charge on any atom is -0.486 e. The quantitative estimate of drug-likeness (QED) is 0.136. The number of Topliss-reactive ketones (excluding diaryl/α,β-unsaturated/α-hetero) is 1. The maximum Gasteiger partial charge on any atom is 0.252 e. The Kier molecular flexibility index (Phi) is 9.71. The number of nitriles is 1. The fourth-order valence-corrected chi connectivity index (χ4v) is 2.49. The number of pyridine rings is 1. The van der Waals surface area contributed by atoms with Gasteiger partial charge in [-0.25, -0.2) is 0 Å². The first-order valence-corrected chi connectivity index (χ1v) is 9.53. The zero-order valence-electron chi connectivity index (χ0n) is 18.1. The molecule has 1 heterocycles. The lowest BCUT2D eigenvalue weighted by Crippen LogP contribution is -2.51. The summed E-state index contributed by atoms with van der Waals surface area (Å²) >= 11 is 0. The average molecular weight is 418 g/mol. The number of nitrogens with one attached hydrogen (secondary N) is 4. The molecule has 0 fully saturated rings. The van der Waals surface area contributed by atoms with Gasteiger partial charge in [-0.2, -0.15) is 5.26 Å². The van der Waals surface area contributed by atoms with Gasteiger partial charge in [0.15, 0.2) is 12.0 Å². The Hall–Kier alpha value is -3.19. The third-order valence-electron chi connectivity index (χ3n) is 4.34. The molecule has 1 aromatic rings. The van der Waals surface area contributed by atoms with Crippen molar-refractivity contribution in [1.82, 2.24) is 20.9 Å². The first-order chi connectivity index (χ1) is 14.1. The molecule has 0 aromatic carbocycles. The Morgan fingerprint density at radius 2 is 1.93 bits per heavy atom. The third-order valence-corrected chi connectivity index (χ3v) is 4.34. The number of ether oxygens (including phenoxy) is 2. The molecule has 10 heteroatoms. The lowest BCUT2D eigenvalue weighted by Gasteiger charge is -2.26. The summed E-state index contributed by atoms with van der Waals surface area (Å²) in [7, 11) is 1.42. The maximum atomic E-state index is 12.8. The Morgan fingerprint density at radius 1 is 1.30 bits per heavy atom. The van der Waals surface area contributed by atoms with Crippen molar-refractivity contribution in [2.45, 2.75) is 52.2 Å². The molecule has 1 atom stereocenters. The summed E-state index contributed by atoms with van der Waals surface area (Å²) < 4.78 is 10.8. The van der Waals surface area contributed by atoms with Crippen molar-refractivity contribution < 1.29 is 19.1 Å². The SMILES string of the molecule is COC(C)(C)C(=O)N[C@@H](CCCNC(=N)NC#N)C(=O)COc1cc(C)nc(C)c1. The van der Waals surface area contributed by atoms with Crippen LogP contribution in [0.15, 0.2) is 12.1 Å². The van der Waals surface area contributed by atoms with E-state index in [0.29, 0.717) is 25.1 Å². The van der Waals surface area contributed by atoms with Crippen LogP contribution in [0.1, 0.15) is 38.1 Å². The highest BCUT2D eigenvalue weighted by molar-refractivity contribution is 5.92. The average Bonchev–Trinajstić information content (AvgIpc) is 2.67. The van der Waals surface area contributed by atoms with Gasteiger partial charge in [0.1, 0.15) is 18.0 Å². The number of aromatic nitrogens is 1. The van der Waals surface area contributed by atoms with Crippen LogP contribution in [0.2, 0.25) is 0 Å². The lowest BCUT2D eigenvalue weighted by molar-refractivity contribution is -0.142. The molecule has 164 valence electrons. The number of ketones is 1. The smallest absolute Gasteiger partial charge is 0.252 e. The molecule has 0 unspecified atom stereocenters. The number of rotatable bonds is 11. The van der Waals surface area contributed by atoms with Gasteiger partial charge in [0, 0.05) is 37.2 Å². The van der Waals surface area contributed by atoms with Crippen LogP contribution in [0.4, 0.5) is 0 Å². The monoisotopic (exact) mass is 418 g/mol. The van der Waals surface area contributed by atoms with Crippen molar-refractivity contribution >= 4 is 17.6 Å². The minimum absolute atomic E-state index is 0.128. The molecule has 0 saturated heterocycles. The van der Waals surface area contributed by atoms with Crippen LogP contribution in [0.3, 0.4) is 0 Å². The summed E-state index contributed by atoms with van der Waals surface area (Å²) in [5.74, 6) is -0.288. The van der Waals surface area contributed by atoms with E-state index in [9.17, 15) is 9.59 Å². The van der Waals surface area contributed by atoms with E-state index in [1.54, 1.807) is 32.2 Å². The molecule has 0 aliphatic rings. The molecule has 4 N–H and O–H groups in total. The molecular weight excluding hydrogens is 388 g/mol. The molecule has 0 bridgehead atoms. The van der Waals surface area contributed by atoms with E-state index in [1.807, 2.05) is 13.8 Å². The fourth-order valence-electron chi connectivity index (χ4n) is 2.49. The van der Waals surface area contributed by atoms with Crippen molar-refractivity contribution in [1.29, 1.82) is 10.7 Å². The number of amides is 1. The summed E-state index contributed by atoms with van der Waals surface area (Å²) in [5, 5.41) is 23.5. The van der Waals surface area contributed by atoms with Crippen LogP contribution >= 0.6 is 0 Å². The van der Waals surface area contributed by atoms with Crippen LogP contribution in [0.25, 0.3) is 0 Å². The summed E-state index contributed by atoms with van der Waals surface area (Å²) in [6.07, 6.45) is 2.45. The fraction of sp³-hybridized carbons (Fsp3) is 0.550. The highest BCUT2D eigenvalue weighted by atomic mass is 16.5. The van der Waals surface area contributed by atoms with Crippen LogP contribution in [0, 0.1) is 30.7 Å². The number of guanidine groups is 1. The van der Waals surface area contributed by atoms with E-state index in [1.165, 1.54) is 7.11 Å². The first kappa shape index (κ1) is 24.8. The van der Waals surface area contributed by atoms with Gasteiger partial charge in [0.2, 0.25) is 5.96 Å². The van der Waals surface area contributed by atoms with Gasteiger partial charge in [-0.1, -0.05) is 0 Å². The normalized spacial score (nSPS) is 11.7. The summed E-state index contributed by atoms with van der Waals surface area (Å²) in [4.78, 5) is 29.5. The number of nitrogens with zero attached hydrogens (tertiary/aromatic N) is 2. The standard InChI is InChI=1S/C20H30N6O4/c1-13-9-15(10-14(2)25-13)30-11-17(27)16(26-18(28)20(3,4)29-5)7-6-8-23-19(22)24-12-21/h9-10,16H,6-8,11H2,1-5H3,(H,26,28)(H3,22,23,24)/t16-/m0/s1. The van der Waals surface area contributed by atoms with Gasteiger partial charge in [-0.15, -0.1) is 0 Å². The van der Waals surface area contributed by atoms with E-state index >= 15 is 0 Å². The van der Waals surface area contributed by atoms with Gasteiger partial charge in [0.25, 0.3) is 5.91 Å². The third kappa shape index (κ3) is 8.45. The van der Waals surface area contributed by atoms with Crippen molar-refractivity contribution in [2.24, 2.45) is 0 Å². The molecule has 1 amide bonds. The van der Waals surface area contributed by atoms with Gasteiger partial charge in [0.05, 0.1) is 6.04 Å². The summed E-state index contributed by atoms with van der Waals surface area (Å²) in [6, 6.07) is 2.69. The lowest BCUT2D eigenvalue weighted by atomic mass is 10.0. The van der Waals surface area contributed by atoms with Gasteiger partial charge in [-0.05, 0) is 40.5 Å². The zero-order valence-corrected chi connectivity index (χ0v) is 18.1. The van der Waals surface area contributed by atoms with E-state index in [4.69, 9.17) is 20.1 Å². The molecule has 0 aliphatic carbocycles. The maximum absolute atomic E-state index is 12.8. The van der Waals surface area contributed by atoms with Crippen molar-refractivity contribution in [2.75, 3.05) is 20.3 Å². The molecule has 10 nitrogen and oxygen atoms in total. The number of carbonyl (C=O) groups is 2. The number of carbonyl (C=O) groups excluding carboxylic acids is 2. The van der Waals surface area contributed by atoms with Crippen molar-refractivity contribution in [3.8, 4) is 11.9 Å². The second kappa shape index (κ2) is 11.7. The van der Waals surface area contributed by atoms with Crippen molar-refractivity contribution in [3.05, 3.63) is 23.5 Å². The number of aryl methyl sites for hydroxylation is 2. The molecule has 0 spiro atoms. The highest BCUT2D eigenvalue weighted by Crippen LogP contribution is 2.14. The minimum atomic E-state index is -1.09. The van der Waals surface area contributed by atoms with E-state index in [2.05, 4.69) is 20.9 Å². The summed E-state index contributed by atoms with van der Waals surface area (Å²) in [5.41, 5.74) is 0.475. The molecule has 1 rings (SSSR count). The highest BCUT2D eigenvalue weighted by Gasteiger charge is 2.31. The predicted octanol–water partition coefficient (Wildman–Crippen LogP) is 0.931. The molecular formula is C20H30N6O4. The van der Waals surface area contributed by atoms with Crippen LogP contribution in [-0.2, 0) is 14.3 Å². The second-order valence-electron chi connectivity index (χ2n) is 7.26. The predicted molar refractivity (Wildman–Crippen MR) is 111 cm³/mol. The van der Waals surface area contributed by atoms with E-state index < -0.39 is 17.6 Å². The van der Waals surface area contributed by atoms with E-state index in [0.717, 1.165) is 11.4 Å². The first-order valence-electron chi connectivity index (χ1n) is 9.53. The number of hydrogen-bond acceptors (Lipinski definition) is 7. The Bertz CT molecular complexity index is 783. The Morgan fingerprint density at radius 3 is 2.50 bits per heavy atom. The largest absolute Gasteiger partial charge is 0.486 e. The van der Waals surface area contributed by atoms with E-state index in [-0.39, 0.29) is 18.3 Å². The molecule has 0 saturated carbocycles. The second-order valence-corrected chi connectivity index (χ2v) is 7.26. The van der Waals surface area contributed by atoms with Crippen LogP contribution < -0.4 is 20.7 Å². The summed E-state index contributed by atoms with van der Waals surface area (Å²) in [6.45, 7) is 7.04. The van der Waals surface area contributed by atoms with Gasteiger partial charge < -0.3 is 20.1 Å². The zero-order chi connectivity index (χ0) is 22.7. The van der Waals surface area contributed by atoms with Gasteiger partial charge in [-0.3, -0.25) is 25.3 Å². The van der Waals surface area contributed by atoms with Crippen LogP contribution in [0.5, 0.6) is 5.75 Å². The van der Waals surface area contributed by atoms with Crippen LogP contribution in [-0.4, -0.2) is 54.5 Å². The molecule has 0 aliphatic heterocycles. The Balaban J connectivity index is 2.74. The van der Waals surface area contributed by atoms with Crippen molar-refractivity contribution in [3.63, 3.8) is 0 Å². The molecule has 30 heavy (non-hydrogen) atoms. The number of methoxy groups -OCH3 is 1. The van der Waals surface area contributed by atoms with Gasteiger partial charge >= 0.3 is 0 Å². The molecule has 0 radical (unpaired) electrons. The Labute approximate surface area is 176 Å². The number of hydrogen-bond donors (Lipinski definition) is 4. The topological polar surface area (TPSA) is 149 Å².